The summed E-state index contributed by atoms with van der Waals surface area (Å²) in [6.07, 6.45) is 27.1. The molecule has 12 nitrogen and oxygen atoms in total. The Morgan fingerprint density at radius 2 is 1.19 bits per heavy atom. The van der Waals surface area contributed by atoms with Crippen LogP contribution in [-0.2, 0) is 38.7 Å². The lowest BCUT2D eigenvalue weighted by Crippen LogP contribution is -2.60. The van der Waals surface area contributed by atoms with E-state index >= 15 is 0 Å². The lowest BCUT2D eigenvalue weighted by atomic mass is 10.00. The van der Waals surface area contributed by atoms with Crippen molar-refractivity contribution in [3.63, 3.8) is 0 Å². The third kappa shape index (κ3) is 26.2. The van der Waals surface area contributed by atoms with Gasteiger partial charge in [0.2, 0.25) is 0 Å². The van der Waals surface area contributed by atoms with E-state index < -0.39 is 71.2 Å². The standard InChI is InChI=1S/C41H68O12S/c1-3-5-7-9-11-13-15-16-17-18-20-21-23-25-27-29-36(42)50-31-34(52-37(43)30-28-26-24-22-19-14-12-10-8-6-4-2)32-51-41-40(46)39(45)38(44)35(53-41)33-54(47,48)49/h5,7,9-13,15-17,34-35,38-41,44-46H,3-4,6,8,14,18-33H2,1-2H3,(H,47,48,49)/b7-5+,11-9+,12-10+,15-13+,17-16+/t34-,35-,38-,39?,40?,41+/m1/s1. The fourth-order valence-corrected chi connectivity index (χ4v) is 6.24. The highest BCUT2D eigenvalue weighted by atomic mass is 32.2. The van der Waals surface area contributed by atoms with Gasteiger partial charge in [0.15, 0.2) is 12.4 Å². The Morgan fingerprint density at radius 1 is 0.648 bits per heavy atom. The van der Waals surface area contributed by atoms with Gasteiger partial charge in [-0.25, -0.2) is 0 Å². The van der Waals surface area contributed by atoms with Crippen LogP contribution in [0.1, 0.15) is 129 Å². The second kappa shape index (κ2) is 31.5. The van der Waals surface area contributed by atoms with Crippen LogP contribution in [0.2, 0.25) is 0 Å². The summed E-state index contributed by atoms with van der Waals surface area (Å²) in [5.74, 6) is -2.04. The predicted octanol–water partition coefficient (Wildman–Crippen LogP) is 7.00. The van der Waals surface area contributed by atoms with Gasteiger partial charge in [0.25, 0.3) is 10.1 Å². The van der Waals surface area contributed by atoms with Crippen LogP contribution < -0.4 is 0 Å². The molecule has 2 unspecified atom stereocenters. The molecule has 0 bridgehead atoms. The molecule has 0 radical (unpaired) electrons. The van der Waals surface area contributed by atoms with E-state index in [0.29, 0.717) is 12.8 Å². The van der Waals surface area contributed by atoms with Crippen LogP contribution in [0, 0.1) is 0 Å². The van der Waals surface area contributed by atoms with Gasteiger partial charge in [0.1, 0.15) is 36.8 Å². The maximum absolute atomic E-state index is 12.7. The zero-order valence-corrected chi connectivity index (χ0v) is 33.4. The summed E-state index contributed by atoms with van der Waals surface area (Å²) in [7, 11) is -4.60. The van der Waals surface area contributed by atoms with Crippen LogP contribution in [0.5, 0.6) is 0 Å². The van der Waals surface area contributed by atoms with Gasteiger partial charge >= 0.3 is 11.9 Å². The minimum absolute atomic E-state index is 0.145. The number of esters is 2. The first-order valence-electron chi connectivity index (χ1n) is 19.9. The molecule has 0 spiro atoms. The van der Waals surface area contributed by atoms with Crippen LogP contribution in [0.25, 0.3) is 0 Å². The van der Waals surface area contributed by atoms with Crippen molar-refractivity contribution >= 4 is 22.1 Å². The van der Waals surface area contributed by atoms with Gasteiger partial charge in [-0.05, 0) is 51.4 Å². The first kappa shape index (κ1) is 49.4. The van der Waals surface area contributed by atoms with Crippen molar-refractivity contribution in [3.8, 4) is 0 Å². The van der Waals surface area contributed by atoms with Gasteiger partial charge in [0.05, 0.1) is 6.61 Å². The van der Waals surface area contributed by atoms with Crippen LogP contribution in [0.4, 0.5) is 0 Å². The molecule has 54 heavy (non-hydrogen) atoms. The second-order valence-corrected chi connectivity index (χ2v) is 15.1. The van der Waals surface area contributed by atoms with Crippen molar-refractivity contribution < 1.29 is 56.8 Å². The third-order valence-corrected chi connectivity index (χ3v) is 9.43. The summed E-state index contributed by atoms with van der Waals surface area (Å²) in [5, 5.41) is 30.8. The summed E-state index contributed by atoms with van der Waals surface area (Å²) >= 11 is 0. The summed E-state index contributed by atoms with van der Waals surface area (Å²) in [4.78, 5) is 25.2. The minimum atomic E-state index is -4.60. The largest absolute Gasteiger partial charge is 0.462 e. The van der Waals surface area contributed by atoms with Crippen molar-refractivity contribution in [2.24, 2.45) is 0 Å². The van der Waals surface area contributed by atoms with Crippen LogP contribution in [0.3, 0.4) is 0 Å². The Bertz CT molecular complexity index is 1240. The lowest BCUT2D eigenvalue weighted by Gasteiger charge is -2.40. The van der Waals surface area contributed by atoms with Crippen LogP contribution in [0.15, 0.2) is 60.8 Å². The van der Waals surface area contributed by atoms with Crippen molar-refractivity contribution in [1.29, 1.82) is 0 Å². The number of aliphatic hydroxyl groups is 3. The SMILES string of the molecule is CC/C=C/C=C/C=C/C=C/CCCCCCCC(=O)OC[C@H](CO[C@H]1O[C@H](CS(=O)(=O)O)[C@@H](O)C(O)C1O)OC(=O)CCCCCCC/C=C/CCCC. The molecule has 1 fully saturated rings. The maximum atomic E-state index is 12.7. The van der Waals surface area contributed by atoms with E-state index in [4.69, 9.17) is 18.9 Å². The summed E-state index contributed by atoms with van der Waals surface area (Å²) in [5.41, 5.74) is 0. The van der Waals surface area contributed by atoms with E-state index in [1.54, 1.807) is 0 Å². The zero-order valence-electron chi connectivity index (χ0n) is 32.5. The lowest BCUT2D eigenvalue weighted by molar-refractivity contribution is -0.297. The number of carbonyl (C=O) groups excluding carboxylic acids is 2. The van der Waals surface area contributed by atoms with E-state index in [2.05, 4.69) is 38.2 Å². The Balaban J connectivity index is 2.53. The number of unbranched alkanes of at least 4 members (excludes halogenated alkanes) is 12. The molecule has 0 aromatic heterocycles. The van der Waals surface area contributed by atoms with Crippen molar-refractivity contribution in [2.75, 3.05) is 19.0 Å². The third-order valence-electron chi connectivity index (χ3n) is 8.68. The molecular weight excluding hydrogens is 717 g/mol. The average Bonchev–Trinajstić information content (AvgIpc) is 3.13. The van der Waals surface area contributed by atoms with Gasteiger partial charge in [-0.1, -0.05) is 126 Å². The number of hydrogen-bond acceptors (Lipinski definition) is 11. The molecule has 0 aliphatic carbocycles. The van der Waals surface area contributed by atoms with E-state index in [0.717, 1.165) is 77.0 Å². The maximum Gasteiger partial charge on any atom is 0.306 e. The zero-order chi connectivity index (χ0) is 39.9. The smallest absolute Gasteiger partial charge is 0.306 e. The quantitative estimate of drug-likeness (QED) is 0.0186. The highest BCUT2D eigenvalue weighted by Gasteiger charge is 2.46. The molecule has 1 rings (SSSR count). The topological polar surface area (TPSA) is 186 Å². The number of carbonyl (C=O) groups is 2. The number of aliphatic hydroxyl groups excluding tert-OH is 3. The number of hydrogen-bond donors (Lipinski definition) is 4. The predicted molar refractivity (Wildman–Crippen MR) is 210 cm³/mol. The molecule has 4 N–H and O–H groups in total. The number of ether oxygens (including phenoxy) is 4. The molecule has 0 aromatic rings. The highest BCUT2D eigenvalue weighted by molar-refractivity contribution is 7.85. The normalized spacial score (nSPS) is 21.6. The second-order valence-electron chi connectivity index (χ2n) is 13.7. The number of allylic oxidation sites excluding steroid dienone is 10. The minimum Gasteiger partial charge on any atom is -0.462 e. The monoisotopic (exact) mass is 784 g/mol. The average molecular weight is 785 g/mol. The molecule has 1 aliphatic rings. The molecule has 0 saturated carbocycles. The highest BCUT2D eigenvalue weighted by Crippen LogP contribution is 2.24. The number of rotatable bonds is 31. The van der Waals surface area contributed by atoms with E-state index in [1.807, 2.05) is 36.5 Å². The van der Waals surface area contributed by atoms with Gasteiger partial charge in [0, 0.05) is 12.8 Å². The Labute approximate surface area is 324 Å². The van der Waals surface area contributed by atoms with E-state index in [1.165, 1.54) is 12.8 Å². The molecule has 0 amide bonds. The fraction of sp³-hybridized carbons (Fsp3) is 0.707. The summed E-state index contributed by atoms with van der Waals surface area (Å²) < 4.78 is 53.8. The van der Waals surface area contributed by atoms with E-state index in [-0.39, 0.29) is 19.4 Å². The van der Waals surface area contributed by atoms with Crippen LogP contribution in [-0.4, -0.2) is 96.0 Å². The molecule has 13 heteroatoms. The molecule has 1 aliphatic heterocycles. The van der Waals surface area contributed by atoms with Crippen molar-refractivity contribution in [1.82, 2.24) is 0 Å². The van der Waals surface area contributed by atoms with Gasteiger partial charge < -0.3 is 34.3 Å². The summed E-state index contributed by atoms with van der Waals surface area (Å²) in [6, 6.07) is 0. The van der Waals surface area contributed by atoms with Gasteiger partial charge in [-0.3, -0.25) is 14.1 Å². The molecule has 0 aromatic carbocycles. The molecule has 1 saturated heterocycles. The van der Waals surface area contributed by atoms with E-state index in [9.17, 15) is 37.9 Å². The first-order chi connectivity index (χ1) is 26.0. The summed E-state index contributed by atoms with van der Waals surface area (Å²) in [6.45, 7) is 3.52. The molecule has 310 valence electrons. The Kier molecular flexibility index (Phi) is 28.8. The molecule has 1 heterocycles. The van der Waals surface area contributed by atoms with Crippen molar-refractivity contribution in [2.45, 2.75) is 166 Å². The fourth-order valence-electron chi connectivity index (χ4n) is 5.55. The van der Waals surface area contributed by atoms with Crippen LogP contribution >= 0.6 is 0 Å². The molecule has 6 atom stereocenters. The Morgan fingerprint density at radius 3 is 1.80 bits per heavy atom. The first-order valence-corrected chi connectivity index (χ1v) is 21.5. The van der Waals surface area contributed by atoms with Gasteiger partial charge in [-0.15, -0.1) is 0 Å². The molecular formula is C41H68O12S. The van der Waals surface area contributed by atoms with Gasteiger partial charge in [-0.2, -0.15) is 8.42 Å². The van der Waals surface area contributed by atoms with Crippen molar-refractivity contribution in [3.05, 3.63) is 60.8 Å². The Hall–Kier alpha value is -2.65.